The van der Waals surface area contributed by atoms with Crippen LogP contribution < -0.4 is 5.32 Å². The van der Waals surface area contributed by atoms with Gasteiger partial charge in [-0.05, 0) is 19.1 Å². The Balaban J connectivity index is 2.96. The van der Waals surface area contributed by atoms with Crippen molar-refractivity contribution < 1.29 is 4.79 Å². The maximum Gasteiger partial charge on any atom is 0.269 e. The lowest BCUT2D eigenvalue weighted by Crippen LogP contribution is -2.19. The van der Waals surface area contributed by atoms with Crippen LogP contribution in [0, 0.1) is 6.92 Å². The molecule has 1 aromatic rings. The van der Waals surface area contributed by atoms with Gasteiger partial charge in [-0.25, -0.2) is 4.98 Å². The second-order valence-corrected chi connectivity index (χ2v) is 2.24. The van der Waals surface area contributed by atoms with Gasteiger partial charge in [0.2, 0.25) is 0 Å². The van der Waals surface area contributed by atoms with Crippen LogP contribution in [0.1, 0.15) is 16.2 Å². The van der Waals surface area contributed by atoms with E-state index in [9.17, 15) is 4.79 Å². The summed E-state index contributed by atoms with van der Waals surface area (Å²) in [6.07, 6.45) is 0. The molecule has 0 saturated carbocycles. The summed E-state index contributed by atoms with van der Waals surface area (Å²) in [5, 5.41) is 2.51. The zero-order valence-electron chi connectivity index (χ0n) is 6.59. The van der Waals surface area contributed by atoms with Crippen molar-refractivity contribution in [3.8, 4) is 0 Å². The van der Waals surface area contributed by atoms with E-state index in [0.29, 0.717) is 5.69 Å². The third-order valence-corrected chi connectivity index (χ3v) is 1.35. The lowest BCUT2D eigenvalue weighted by atomic mass is 10.3. The molecule has 0 bridgehead atoms. The summed E-state index contributed by atoms with van der Waals surface area (Å²) in [6, 6.07) is 5.35. The van der Waals surface area contributed by atoms with E-state index >= 15 is 0 Å². The van der Waals surface area contributed by atoms with Gasteiger partial charge in [-0.15, -0.1) is 0 Å². The van der Waals surface area contributed by atoms with Crippen LogP contribution in [0.25, 0.3) is 0 Å². The summed E-state index contributed by atoms with van der Waals surface area (Å²) in [5.74, 6) is -0.145. The van der Waals surface area contributed by atoms with Crippen LogP contribution in [0.2, 0.25) is 0 Å². The van der Waals surface area contributed by atoms with E-state index < -0.39 is 0 Å². The molecule has 1 heterocycles. The molecule has 1 aromatic heterocycles. The van der Waals surface area contributed by atoms with E-state index in [4.69, 9.17) is 0 Å². The maximum atomic E-state index is 11.0. The Kier molecular flexibility index (Phi) is 2.21. The maximum absolute atomic E-state index is 11.0. The van der Waals surface area contributed by atoms with Gasteiger partial charge in [0.1, 0.15) is 5.69 Å². The fourth-order valence-electron chi connectivity index (χ4n) is 0.798. The summed E-state index contributed by atoms with van der Waals surface area (Å²) < 4.78 is 0. The highest BCUT2D eigenvalue weighted by Gasteiger charge is 2.02. The molecule has 0 radical (unpaired) electrons. The van der Waals surface area contributed by atoms with Gasteiger partial charge in [0.15, 0.2) is 0 Å². The summed E-state index contributed by atoms with van der Waals surface area (Å²) in [6.45, 7) is 1.85. The Bertz CT molecular complexity index is 271. The molecule has 1 amide bonds. The molecule has 3 nitrogen and oxygen atoms in total. The molecule has 0 spiro atoms. The SMILES string of the molecule is CNC(=O)c1cccc(C)n1. The number of carbonyl (C=O) groups excluding carboxylic acids is 1. The molecule has 58 valence electrons. The van der Waals surface area contributed by atoms with E-state index in [1.54, 1.807) is 13.1 Å². The highest BCUT2D eigenvalue weighted by molar-refractivity contribution is 5.91. The van der Waals surface area contributed by atoms with E-state index in [1.807, 2.05) is 19.1 Å². The van der Waals surface area contributed by atoms with E-state index in [1.165, 1.54) is 0 Å². The number of nitrogens with zero attached hydrogens (tertiary/aromatic N) is 1. The van der Waals surface area contributed by atoms with Crippen molar-refractivity contribution in [3.05, 3.63) is 29.6 Å². The Labute approximate surface area is 65.5 Å². The quantitative estimate of drug-likeness (QED) is 0.641. The molecule has 0 atom stereocenters. The third-order valence-electron chi connectivity index (χ3n) is 1.35. The van der Waals surface area contributed by atoms with Gasteiger partial charge < -0.3 is 5.32 Å². The first-order valence-electron chi connectivity index (χ1n) is 3.40. The van der Waals surface area contributed by atoms with Crippen molar-refractivity contribution in [2.24, 2.45) is 0 Å². The van der Waals surface area contributed by atoms with Crippen LogP contribution in [0.5, 0.6) is 0 Å². The lowest BCUT2D eigenvalue weighted by Gasteiger charge is -1.98. The highest BCUT2D eigenvalue weighted by atomic mass is 16.1. The first kappa shape index (κ1) is 7.72. The fourth-order valence-corrected chi connectivity index (χ4v) is 0.798. The molecule has 0 aliphatic carbocycles. The van der Waals surface area contributed by atoms with Crippen LogP contribution in [0.3, 0.4) is 0 Å². The number of aromatic nitrogens is 1. The standard InChI is InChI=1S/C8H10N2O/c1-6-4-3-5-7(10-6)8(11)9-2/h3-5H,1-2H3,(H,9,11). The molecule has 0 aromatic carbocycles. The average molecular weight is 150 g/mol. The predicted molar refractivity (Wildman–Crippen MR) is 42.4 cm³/mol. The minimum Gasteiger partial charge on any atom is -0.354 e. The van der Waals surface area contributed by atoms with Crippen molar-refractivity contribution in [3.63, 3.8) is 0 Å². The third kappa shape index (κ3) is 1.77. The number of rotatable bonds is 1. The van der Waals surface area contributed by atoms with Crippen LogP contribution in [-0.4, -0.2) is 17.9 Å². The molecule has 1 N–H and O–H groups in total. The number of amides is 1. The molecular formula is C8H10N2O. The smallest absolute Gasteiger partial charge is 0.269 e. The van der Waals surface area contributed by atoms with Gasteiger partial charge in [0.05, 0.1) is 0 Å². The Morgan fingerprint density at radius 3 is 2.82 bits per heavy atom. The molecule has 0 aliphatic rings. The summed E-state index contributed by atoms with van der Waals surface area (Å²) in [4.78, 5) is 15.0. The number of carbonyl (C=O) groups is 1. The monoisotopic (exact) mass is 150 g/mol. The molecule has 0 unspecified atom stereocenters. The lowest BCUT2D eigenvalue weighted by molar-refractivity contribution is 0.0958. The molecule has 0 fully saturated rings. The van der Waals surface area contributed by atoms with Gasteiger partial charge in [-0.1, -0.05) is 6.07 Å². The zero-order chi connectivity index (χ0) is 8.27. The summed E-state index contributed by atoms with van der Waals surface area (Å²) in [5.41, 5.74) is 1.32. The second-order valence-electron chi connectivity index (χ2n) is 2.24. The Morgan fingerprint density at radius 1 is 1.55 bits per heavy atom. The molecule has 3 heteroatoms. The van der Waals surface area contributed by atoms with Crippen molar-refractivity contribution >= 4 is 5.91 Å². The number of hydrogen-bond acceptors (Lipinski definition) is 2. The van der Waals surface area contributed by atoms with Crippen LogP contribution in [-0.2, 0) is 0 Å². The first-order valence-corrected chi connectivity index (χ1v) is 3.40. The molecule has 0 saturated heterocycles. The zero-order valence-corrected chi connectivity index (χ0v) is 6.59. The molecule has 11 heavy (non-hydrogen) atoms. The van der Waals surface area contributed by atoms with Gasteiger partial charge in [0.25, 0.3) is 5.91 Å². The number of hydrogen-bond donors (Lipinski definition) is 1. The van der Waals surface area contributed by atoms with Gasteiger partial charge >= 0.3 is 0 Å². The molecule has 1 rings (SSSR count). The summed E-state index contributed by atoms with van der Waals surface area (Å²) in [7, 11) is 1.59. The normalized spacial score (nSPS) is 9.27. The largest absolute Gasteiger partial charge is 0.354 e. The number of pyridine rings is 1. The topological polar surface area (TPSA) is 42.0 Å². The number of aryl methyl sites for hydroxylation is 1. The Morgan fingerprint density at radius 2 is 2.27 bits per heavy atom. The minimum absolute atomic E-state index is 0.145. The van der Waals surface area contributed by atoms with Crippen LogP contribution in [0.15, 0.2) is 18.2 Å². The van der Waals surface area contributed by atoms with Gasteiger partial charge in [-0.3, -0.25) is 4.79 Å². The van der Waals surface area contributed by atoms with Crippen LogP contribution >= 0.6 is 0 Å². The molecular weight excluding hydrogens is 140 g/mol. The predicted octanol–water partition coefficient (Wildman–Crippen LogP) is 0.750. The van der Waals surface area contributed by atoms with Crippen LogP contribution in [0.4, 0.5) is 0 Å². The van der Waals surface area contributed by atoms with E-state index in [2.05, 4.69) is 10.3 Å². The highest BCUT2D eigenvalue weighted by Crippen LogP contribution is 1.96. The number of nitrogens with one attached hydrogen (secondary N) is 1. The van der Waals surface area contributed by atoms with E-state index in [-0.39, 0.29) is 5.91 Å². The molecule has 0 aliphatic heterocycles. The van der Waals surface area contributed by atoms with Crippen molar-refractivity contribution in [1.82, 2.24) is 10.3 Å². The van der Waals surface area contributed by atoms with Crippen molar-refractivity contribution in [2.45, 2.75) is 6.92 Å². The van der Waals surface area contributed by atoms with Gasteiger partial charge in [0, 0.05) is 12.7 Å². The fraction of sp³-hybridized carbons (Fsp3) is 0.250. The minimum atomic E-state index is -0.145. The van der Waals surface area contributed by atoms with Crippen molar-refractivity contribution in [2.75, 3.05) is 7.05 Å². The average Bonchev–Trinajstić information content (AvgIpc) is 2.03. The second kappa shape index (κ2) is 3.14. The Hall–Kier alpha value is -1.38. The van der Waals surface area contributed by atoms with Crippen molar-refractivity contribution in [1.29, 1.82) is 0 Å². The van der Waals surface area contributed by atoms with E-state index in [0.717, 1.165) is 5.69 Å². The first-order chi connectivity index (χ1) is 5.24. The van der Waals surface area contributed by atoms with Gasteiger partial charge in [-0.2, -0.15) is 0 Å². The summed E-state index contributed by atoms with van der Waals surface area (Å²) >= 11 is 0.